The van der Waals surface area contributed by atoms with E-state index in [1.165, 1.54) is 6.20 Å². The average molecular weight is 132 g/mol. The van der Waals surface area contributed by atoms with Crippen molar-refractivity contribution >= 4 is 5.97 Å². The van der Waals surface area contributed by atoms with Crippen LogP contribution in [-0.2, 0) is 4.79 Å². The van der Waals surface area contributed by atoms with E-state index < -0.39 is 5.97 Å². The SMILES string of the molecule is CC(=O)O.NC=CCN. The van der Waals surface area contributed by atoms with Crippen LogP contribution in [0, 0.1) is 0 Å². The molecule has 0 spiro atoms. The topological polar surface area (TPSA) is 89.3 Å². The molecule has 0 heterocycles. The molecule has 0 aliphatic heterocycles. The first-order chi connectivity index (χ1) is 4.15. The average Bonchev–Trinajstić information content (AvgIpc) is 1.66. The Bertz CT molecular complexity index is 87.0. The van der Waals surface area contributed by atoms with Crippen LogP contribution in [0.4, 0.5) is 0 Å². The molecule has 0 fully saturated rings. The van der Waals surface area contributed by atoms with Crippen molar-refractivity contribution in [3.63, 3.8) is 0 Å². The molecule has 5 N–H and O–H groups in total. The number of carboxylic acids is 1. The van der Waals surface area contributed by atoms with Crippen molar-refractivity contribution in [3.8, 4) is 0 Å². The number of hydrogen-bond donors (Lipinski definition) is 3. The van der Waals surface area contributed by atoms with Crippen molar-refractivity contribution in [1.82, 2.24) is 0 Å². The van der Waals surface area contributed by atoms with Gasteiger partial charge >= 0.3 is 0 Å². The monoisotopic (exact) mass is 132 g/mol. The van der Waals surface area contributed by atoms with Gasteiger partial charge in [0.25, 0.3) is 5.97 Å². The van der Waals surface area contributed by atoms with Gasteiger partial charge in [-0.2, -0.15) is 0 Å². The first-order valence-electron chi connectivity index (χ1n) is 2.41. The Morgan fingerprint density at radius 3 is 2.11 bits per heavy atom. The van der Waals surface area contributed by atoms with E-state index in [9.17, 15) is 0 Å². The highest BCUT2D eigenvalue weighted by atomic mass is 16.4. The van der Waals surface area contributed by atoms with Crippen LogP contribution in [-0.4, -0.2) is 17.6 Å². The second-order valence-electron chi connectivity index (χ2n) is 1.18. The van der Waals surface area contributed by atoms with E-state index in [0.717, 1.165) is 6.92 Å². The van der Waals surface area contributed by atoms with Gasteiger partial charge in [-0.25, -0.2) is 0 Å². The second kappa shape index (κ2) is 10.1. The van der Waals surface area contributed by atoms with Crippen molar-refractivity contribution in [2.75, 3.05) is 6.54 Å². The Morgan fingerprint density at radius 2 is 2.11 bits per heavy atom. The molecule has 0 aliphatic carbocycles. The van der Waals surface area contributed by atoms with Crippen LogP contribution in [0.15, 0.2) is 12.3 Å². The van der Waals surface area contributed by atoms with Crippen LogP contribution in [0.5, 0.6) is 0 Å². The highest BCUT2D eigenvalue weighted by Gasteiger charge is 1.65. The van der Waals surface area contributed by atoms with Gasteiger partial charge in [0.05, 0.1) is 0 Å². The fourth-order valence-corrected chi connectivity index (χ4v) is 0.0786. The molecule has 0 unspecified atom stereocenters. The summed E-state index contributed by atoms with van der Waals surface area (Å²) >= 11 is 0. The minimum atomic E-state index is -0.833. The van der Waals surface area contributed by atoms with Gasteiger partial charge in [-0.1, -0.05) is 6.08 Å². The van der Waals surface area contributed by atoms with Gasteiger partial charge in [-0.05, 0) is 6.20 Å². The van der Waals surface area contributed by atoms with E-state index in [1.807, 2.05) is 0 Å². The molecule has 0 rings (SSSR count). The highest BCUT2D eigenvalue weighted by molar-refractivity contribution is 5.62. The number of aliphatic carboxylic acids is 1. The van der Waals surface area contributed by atoms with Crippen LogP contribution < -0.4 is 11.5 Å². The third-order valence-corrected chi connectivity index (χ3v) is 0.272. The van der Waals surface area contributed by atoms with E-state index in [2.05, 4.69) is 0 Å². The zero-order valence-corrected chi connectivity index (χ0v) is 5.37. The van der Waals surface area contributed by atoms with E-state index in [0.29, 0.717) is 6.54 Å². The molecule has 0 radical (unpaired) electrons. The molecule has 0 aliphatic rings. The molecule has 0 aromatic heterocycles. The zero-order valence-electron chi connectivity index (χ0n) is 5.37. The van der Waals surface area contributed by atoms with Gasteiger partial charge in [0.1, 0.15) is 0 Å². The lowest BCUT2D eigenvalue weighted by Gasteiger charge is -1.68. The summed E-state index contributed by atoms with van der Waals surface area (Å²) in [7, 11) is 0. The molecule has 0 aromatic rings. The molecule has 0 aromatic carbocycles. The van der Waals surface area contributed by atoms with Crippen LogP contribution in [0.2, 0.25) is 0 Å². The maximum atomic E-state index is 9.00. The van der Waals surface area contributed by atoms with E-state index >= 15 is 0 Å². The van der Waals surface area contributed by atoms with E-state index in [-0.39, 0.29) is 0 Å². The number of rotatable bonds is 1. The van der Waals surface area contributed by atoms with Crippen molar-refractivity contribution in [2.45, 2.75) is 6.92 Å². The third-order valence-electron chi connectivity index (χ3n) is 0.272. The van der Waals surface area contributed by atoms with Gasteiger partial charge in [0.2, 0.25) is 0 Å². The van der Waals surface area contributed by atoms with Gasteiger partial charge in [0, 0.05) is 13.5 Å². The Labute approximate surface area is 54.2 Å². The maximum absolute atomic E-state index is 9.00. The summed E-state index contributed by atoms with van der Waals surface area (Å²) in [5.41, 5.74) is 9.85. The summed E-state index contributed by atoms with van der Waals surface area (Å²) in [5, 5.41) is 7.42. The molecular formula is C5H12N2O2. The molecule has 0 atom stereocenters. The number of hydrogen-bond acceptors (Lipinski definition) is 3. The minimum absolute atomic E-state index is 0.538. The quantitative estimate of drug-likeness (QED) is 0.449. The first-order valence-corrected chi connectivity index (χ1v) is 2.41. The highest BCUT2D eigenvalue weighted by Crippen LogP contribution is 1.48. The summed E-state index contributed by atoms with van der Waals surface area (Å²) < 4.78 is 0. The fraction of sp³-hybridized carbons (Fsp3) is 0.400. The molecular weight excluding hydrogens is 120 g/mol. The predicted octanol–water partition coefficient (Wildman–Crippen LogP) is -0.492. The molecule has 0 bridgehead atoms. The fourth-order valence-electron chi connectivity index (χ4n) is 0.0786. The van der Waals surface area contributed by atoms with Gasteiger partial charge in [0.15, 0.2) is 0 Å². The number of nitrogens with two attached hydrogens (primary N) is 2. The van der Waals surface area contributed by atoms with E-state index in [1.54, 1.807) is 6.08 Å². The number of carboxylic acid groups (broad SMARTS) is 1. The Kier molecular flexibility index (Phi) is 12.1. The summed E-state index contributed by atoms with van der Waals surface area (Å²) in [5.74, 6) is -0.833. The summed E-state index contributed by atoms with van der Waals surface area (Å²) in [6.45, 7) is 1.62. The van der Waals surface area contributed by atoms with Crippen LogP contribution >= 0.6 is 0 Å². The molecule has 0 saturated carbocycles. The van der Waals surface area contributed by atoms with Crippen molar-refractivity contribution < 1.29 is 9.90 Å². The van der Waals surface area contributed by atoms with Crippen molar-refractivity contribution in [1.29, 1.82) is 0 Å². The second-order valence-corrected chi connectivity index (χ2v) is 1.18. The predicted molar refractivity (Wildman–Crippen MR) is 35.7 cm³/mol. The smallest absolute Gasteiger partial charge is 0.300 e. The lowest BCUT2D eigenvalue weighted by atomic mass is 10.6. The molecule has 0 amide bonds. The standard InChI is InChI=1S/C3H8N2.C2H4O2/c4-2-1-3-5;1-2(3)4/h1-2H,3-5H2;1H3,(H,3,4). The summed E-state index contributed by atoms with van der Waals surface area (Å²) in [4.78, 5) is 9.00. The zero-order chi connectivity index (χ0) is 7.70. The largest absolute Gasteiger partial charge is 0.481 e. The normalized spacial score (nSPS) is 8.22. The van der Waals surface area contributed by atoms with Gasteiger partial charge in [-0.15, -0.1) is 0 Å². The maximum Gasteiger partial charge on any atom is 0.300 e. The molecule has 4 nitrogen and oxygen atoms in total. The van der Waals surface area contributed by atoms with Crippen LogP contribution in [0.25, 0.3) is 0 Å². The third kappa shape index (κ3) is 183. The number of carbonyl (C=O) groups is 1. The van der Waals surface area contributed by atoms with Crippen LogP contribution in [0.3, 0.4) is 0 Å². The molecule has 54 valence electrons. The lowest BCUT2D eigenvalue weighted by Crippen LogP contribution is -1.93. The molecule has 0 saturated heterocycles. The Hall–Kier alpha value is -1.03. The Morgan fingerprint density at radius 1 is 1.78 bits per heavy atom. The molecule has 9 heavy (non-hydrogen) atoms. The van der Waals surface area contributed by atoms with Crippen LogP contribution in [0.1, 0.15) is 6.92 Å². The van der Waals surface area contributed by atoms with Gasteiger partial charge in [-0.3, -0.25) is 4.79 Å². The lowest BCUT2D eigenvalue weighted by molar-refractivity contribution is -0.134. The van der Waals surface area contributed by atoms with Crippen molar-refractivity contribution in [2.24, 2.45) is 11.5 Å². The minimum Gasteiger partial charge on any atom is -0.481 e. The Balaban J connectivity index is 0. The first kappa shape index (κ1) is 10.9. The van der Waals surface area contributed by atoms with Gasteiger partial charge < -0.3 is 16.6 Å². The van der Waals surface area contributed by atoms with Crippen molar-refractivity contribution in [3.05, 3.63) is 12.3 Å². The molecule has 4 heteroatoms. The van der Waals surface area contributed by atoms with E-state index in [4.69, 9.17) is 21.4 Å². The summed E-state index contributed by atoms with van der Waals surface area (Å²) in [6, 6.07) is 0. The summed E-state index contributed by atoms with van der Waals surface area (Å²) in [6.07, 6.45) is 3.11.